The number of esters is 1. The summed E-state index contributed by atoms with van der Waals surface area (Å²) in [6.07, 6.45) is 10.4. The van der Waals surface area contributed by atoms with Crippen molar-refractivity contribution in [2.24, 2.45) is 0 Å². The molecule has 3 nitrogen and oxygen atoms in total. The Kier molecular flexibility index (Phi) is 30.3. The number of aliphatic hydroxyl groups excluding tert-OH is 1. The van der Waals surface area contributed by atoms with Crippen molar-refractivity contribution < 1.29 is 44.2 Å². The van der Waals surface area contributed by atoms with E-state index < -0.39 is 0 Å². The van der Waals surface area contributed by atoms with Gasteiger partial charge in [-0.1, -0.05) is 47.2 Å². The van der Waals surface area contributed by atoms with Crippen LogP contribution in [0.1, 0.15) is 19.8 Å². The third kappa shape index (κ3) is 28.6. The zero-order valence-corrected chi connectivity index (χ0v) is 16.8. The summed E-state index contributed by atoms with van der Waals surface area (Å²) in [7, 11) is 1.35. The van der Waals surface area contributed by atoms with Crippen LogP contribution in [0.3, 0.4) is 0 Å². The van der Waals surface area contributed by atoms with Crippen molar-refractivity contribution >= 4 is 21.9 Å². The molecule has 0 aromatic heterocycles. The molecule has 0 spiro atoms. The molecule has 0 radical (unpaired) electrons. The fourth-order valence-corrected chi connectivity index (χ4v) is 0.997. The van der Waals surface area contributed by atoms with Gasteiger partial charge in [-0.05, 0) is 12.8 Å². The van der Waals surface area contributed by atoms with Crippen molar-refractivity contribution in [3.05, 3.63) is 54.6 Å². The summed E-state index contributed by atoms with van der Waals surface area (Å²) in [5.74, 6) is -0.241. The first kappa shape index (κ1) is 25.7. The van der Waals surface area contributed by atoms with Gasteiger partial charge in [0.15, 0.2) is 0 Å². The van der Waals surface area contributed by atoms with Crippen LogP contribution in [0.2, 0.25) is 0 Å². The van der Waals surface area contributed by atoms with Gasteiger partial charge in [0.25, 0.3) is 0 Å². The van der Waals surface area contributed by atoms with E-state index in [9.17, 15) is 4.79 Å². The van der Waals surface area contributed by atoms with E-state index in [1.54, 1.807) is 0 Å². The standard InChI is InChI=1S/C5H6.C5H5.C3H5BrO2.C3H8O.Na/c2*1-2-4-5-3-1;1-6-3(5)2-4;1-2-3-4;/h1-4H,5H2;1-5H;2H2,1H3;4H,2-3H2,1H3;/q;-1;;;+1. The maximum Gasteiger partial charge on any atom is 1.00 e. The Hall–Kier alpha value is -0.260. The minimum absolute atomic E-state index is 0. The predicted molar refractivity (Wildman–Crippen MR) is 88.1 cm³/mol. The normalized spacial score (nSPS) is 9.71. The van der Waals surface area contributed by atoms with Gasteiger partial charge in [0.05, 0.1) is 7.11 Å². The molecule has 0 saturated carbocycles. The molecule has 1 aromatic rings. The Morgan fingerprint density at radius 2 is 1.76 bits per heavy atom. The molecule has 1 N–H and O–H groups in total. The van der Waals surface area contributed by atoms with E-state index in [1.165, 1.54) is 7.11 Å². The van der Waals surface area contributed by atoms with Gasteiger partial charge in [-0.2, -0.15) is 18.2 Å². The first-order valence-corrected chi connectivity index (χ1v) is 7.57. The summed E-state index contributed by atoms with van der Waals surface area (Å²) in [4.78, 5) is 9.91. The minimum atomic E-state index is -0.241. The molecule has 0 aliphatic heterocycles. The van der Waals surface area contributed by atoms with Crippen LogP contribution in [0, 0.1) is 0 Å². The van der Waals surface area contributed by atoms with Crippen LogP contribution in [0.25, 0.3) is 0 Å². The van der Waals surface area contributed by atoms with E-state index >= 15 is 0 Å². The Morgan fingerprint density at radius 1 is 1.29 bits per heavy atom. The number of rotatable bonds is 2. The molecule has 0 saturated heterocycles. The van der Waals surface area contributed by atoms with E-state index in [0.717, 1.165) is 12.8 Å². The van der Waals surface area contributed by atoms with Crippen molar-refractivity contribution in [3.8, 4) is 0 Å². The third-order valence-electron chi connectivity index (χ3n) is 1.77. The number of hydrogen-bond acceptors (Lipinski definition) is 3. The summed E-state index contributed by atoms with van der Waals surface area (Å²) < 4.78 is 4.21. The van der Waals surface area contributed by atoms with Gasteiger partial charge in [0, 0.05) is 6.61 Å². The Morgan fingerprint density at radius 3 is 1.86 bits per heavy atom. The van der Waals surface area contributed by atoms with Crippen LogP contribution in [0.15, 0.2) is 54.6 Å². The SMILES string of the molecule is C1=CCC=C1.CCCO.COC(=O)CBr.[Na+].c1cc[cH-]c1. The second kappa shape index (κ2) is 24.7. The fourth-order valence-electron chi connectivity index (χ4n) is 0.768. The molecule has 0 heterocycles. The molecule has 1 aliphatic rings. The molecule has 21 heavy (non-hydrogen) atoms. The number of alkyl halides is 1. The van der Waals surface area contributed by atoms with Gasteiger partial charge >= 0.3 is 35.5 Å². The molecule has 0 atom stereocenters. The minimum Gasteiger partial charge on any atom is -0.468 e. The quantitative estimate of drug-likeness (QED) is 0.365. The average molecular weight is 367 g/mol. The van der Waals surface area contributed by atoms with E-state index in [0.29, 0.717) is 6.61 Å². The summed E-state index contributed by atoms with van der Waals surface area (Å²) in [6, 6.07) is 10.0. The van der Waals surface area contributed by atoms with Crippen molar-refractivity contribution in [1.82, 2.24) is 0 Å². The Labute approximate surface area is 158 Å². The number of carbonyl (C=O) groups excluding carboxylic acids is 1. The third-order valence-corrected chi connectivity index (χ3v) is 2.23. The summed E-state index contributed by atoms with van der Waals surface area (Å²) >= 11 is 2.90. The number of hydrogen-bond donors (Lipinski definition) is 1. The van der Waals surface area contributed by atoms with E-state index in [1.807, 2.05) is 37.3 Å². The summed E-state index contributed by atoms with van der Waals surface area (Å²) in [5.41, 5.74) is 0. The van der Waals surface area contributed by atoms with Crippen LogP contribution >= 0.6 is 15.9 Å². The number of allylic oxidation sites excluding steroid dienone is 4. The second-order valence-electron chi connectivity index (χ2n) is 3.49. The van der Waals surface area contributed by atoms with Crippen LogP contribution in [-0.2, 0) is 9.53 Å². The maximum absolute atomic E-state index is 9.91. The summed E-state index contributed by atoms with van der Waals surface area (Å²) in [6.45, 7) is 2.25. The Bertz CT molecular complexity index is 300. The van der Waals surface area contributed by atoms with Gasteiger partial charge in [-0.3, -0.25) is 4.79 Å². The zero-order valence-electron chi connectivity index (χ0n) is 13.2. The summed E-state index contributed by atoms with van der Waals surface area (Å²) in [5, 5.41) is 8.16. The number of methoxy groups -OCH3 is 1. The fraction of sp³-hybridized carbons (Fsp3) is 0.375. The van der Waals surface area contributed by atoms with E-state index in [2.05, 4.69) is 45.0 Å². The molecule has 114 valence electrons. The topological polar surface area (TPSA) is 46.5 Å². The maximum atomic E-state index is 9.91. The van der Waals surface area contributed by atoms with Gasteiger partial charge < -0.3 is 9.84 Å². The van der Waals surface area contributed by atoms with Gasteiger partial charge in [-0.15, -0.1) is 0 Å². The number of halogens is 1. The molecule has 1 aliphatic carbocycles. The van der Waals surface area contributed by atoms with E-state index in [-0.39, 0.29) is 40.9 Å². The molecule has 0 fully saturated rings. The molecule has 2 rings (SSSR count). The monoisotopic (exact) mass is 366 g/mol. The van der Waals surface area contributed by atoms with Crippen LogP contribution in [-0.4, -0.2) is 30.1 Å². The molecule has 0 unspecified atom stereocenters. The van der Waals surface area contributed by atoms with Crippen molar-refractivity contribution in [3.63, 3.8) is 0 Å². The van der Waals surface area contributed by atoms with E-state index in [4.69, 9.17) is 5.11 Å². The van der Waals surface area contributed by atoms with Crippen molar-refractivity contribution in [2.45, 2.75) is 19.8 Å². The second-order valence-corrected chi connectivity index (χ2v) is 4.05. The molecular weight excluding hydrogens is 343 g/mol. The smallest absolute Gasteiger partial charge is 0.468 e. The first-order valence-electron chi connectivity index (χ1n) is 6.44. The zero-order chi connectivity index (χ0) is 15.5. The molecular formula is C16H24BrNaO3. The van der Waals surface area contributed by atoms with Crippen LogP contribution in [0.5, 0.6) is 0 Å². The Balaban J connectivity index is -0.000000204. The van der Waals surface area contributed by atoms with Gasteiger partial charge in [0.1, 0.15) is 5.33 Å². The van der Waals surface area contributed by atoms with Crippen molar-refractivity contribution in [1.29, 1.82) is 0 Å². The average Bonchev–Trinajstić information content (AvgIpc) is 3.23. The van der Waals surface area contributed by atoms with Crippen LogP contribution < -0.4 is 29.6 Å². The van der Waals surface area contributed by atoms with Crippen molar-refractivity contribution in [2.75, 3.05) is 19.0 Å². The number of ether oxygens (including phenoxy) is 1. The molecule has 0 bridgehead atoms. The predicted octanol–water partition coefficient (Wildman–Crippen LogP) is 0.855. The number of carbonyl (C=O) groups is 1. The first-order chi connectivity index (χ1) is 9.72. The molecule has 0 amide bonds. The molecule has 1 aromatic carbocycles. The molecule has 5 heteroatoms. The van der Waals surface area contributed by atoms with Crippen LogP contribution in [0.4, 0.5) is 0 Å². The largest absolute Gasteiger partial charge is 1.00 e. The van der Waals surface area contributed by atoms with Gasteiger partial charge in [0.2, 0.25) is 0 Å². The number of aliphatic hydroxyl groups is 1. The van der Waals surface area contributed by atoms with Gasteiger partial charge in [-0.25, -0.2) is 12.1 Å².